The molecule has 0 amide bonds. The number of hydrogen-bond acceptors (Lipinski definition) is 4. The normalized spacial score (nSPS) is 18.7. The van der Waals surface area contributed by atoms with Gasteiger partial charge < -0.3 is 19.8 Å². The van der Waals surface area contributed by atoms with E-state index in [4.69, 9.17) is 4.74 Å². The molecule has 0 spiro atoms. The topological polar surface area (TPSA) is 52.9 Å². The molecular formula is C21H27NO3. The van der Waals surface area contributed by atoms with E-state index in [-0.39, 0.29) is 0 Å². The van der Waals surface area contributed by atoms with Crippen molar-refractivity contribution in [1.29, 1.82) is 0 Å². The number of rotatable bonds is 5. The summed E-state index contributed by atoms with van der Waals surface area (Å²) in [6, 6.07) is 15.7. The van der Waals surface area contributed by atoms with Gasteiger partial charge >= 0.3 is 0 Å². The molecule has 0 aromatic heterocycles. The Bertz CT molecular complexity index is 691. The fraction of sp³-hybridized carbons (Fsp3) is 0.429. The first-order valence-corrected chi connectivity index (χ1v) is 8.84. The van der Waals surface area contributed by atoms with E-state index in [2.05, 4.69) is 11.0 Å². The number of likely N-dealkylation sites (tertiary alicyclic amines) is 1. The fourth-order valence-electron chi connectivity index (χ4n) is 3.50. The average molecular weight is 341 g/mol. The molecule has 2 N–H and O–H groups in total. The van der Waals surface area contributed by atoms with Crippen LogP contribution in [0.4, 0.5) is 0 Å². The summed E-state index contributed by atoms with van der Waals surface area (Å²) >= 11 is 0. The third kappa shape index (κ3) is 4.21. The van der Waals surface area contributed by atoms with Gasteiger partial charge in [-0.15, -0.1) is 0 Å². The van der Waals surface area contributed by atoms with E-state index in [9.17, 15) is 10.2 Å². The third-order valence-corrected chi connectivity index (χ3v) is 5.17. The zero-order chi connectivity index (χ0) is 17.9. The second kappa shape index (κ2) is 7.56. The van der Waals surface area contributed by atoms with Gasteiger partial charge in [-0.1, -0.05) is 42.0 Å². The number of aliphatic hydroxyl groups is 2. The predicted molar refractivity (Wildman–Crippen MR) is 98.7 cm³/mol. The summed E-state index contributed by atoms with van der Waals surface area (Å²) in [5.41, 5.74) is 2.31. The van der Waals surface area contributed by atoms with Gasteiger partial charge in [0.05, 0.1) is 18.8 Å². The van der Waals surface area contributed by atoms with Crippen molar-refractivity contribution in [2.24, 2.45) is 0 Å². The first-order valence-electron chi connectivity index (χ1n) is 8.84. The minimum absolute atomic E-state index is 0.531. The van der Waals surface area contributed by atoms with Gasteiger partial charge in [-0.05, 0) is 43.0 Å². The monoisotopic (exact) mass is 341 g/mol. The van der Waals surface area contributed by atoms with Crippen molar-refractivity contribution >= 4 is 0 Å². The second-order valence-electron chi connectivity index (χ2n) is 6.99. The number of benzene rings is 2. The van der Waals surface area contributed by atoms with Gasteiger partial charge in [0.15, 0.2) is 0 Å². The van der Waals surface area contributed by atoms with Crippen molar-refractivity contribution in [2.75, 3.05) is 26.7 Å². The smallest absolute Gasteiger partial charge is 0.118 e. The molecule has 1 unspecified atom stereocenters. The summed E-state index contributed by atoms with van der Waals surface area (Å²) in [6.07, 6.45) is 0.841. The van der Waals surface area contributed by atoms with Crippen LogP contribution in [0.3, 0.4) is 0 Å². The van der Waals surface area contributed by atoms with Gasteiger partial charge in [-0.25, -0.2) is 0 Å². The van der Waals surface area contributed by atoms with Crippen LogP contribution in [0.15, 0.2) is 48.5 Å². The molecule has 1 atom stereocenters. The lowest BCUT2D eigenvalue weighted by molar-refractivity contribution is -0.0345. The molecule has 0 radical (unpaired) electrons. The lowest BCUT2D eigenvalue weighted by atomic mass is 9.84. The molecule has 1 aliphatic heterocycles. The van der Waals surface area contributed by atoms with E-state index in [1.54, 1.807) is 7.11 Å². The van der Waals surface area contributed by atoms with Gasteiger partial charge in [0, 0.05) is 19.6 Å². The Hall–Kier alpha value is -1.88. The Labute approximate surface area is 149 Å². The maximum Gasteiger partial charge on any atom is 0.118 e. The average Bonchev–Trinajstić information content (AvgIpc) is 2.64. The quantitative estimate of drug-likeness (QED) is 0.878. The maximum atomic E-state index is 11.0. The number of hydrogen-bond donors (Lipinski definition) is 2. The highest BCUT2D eigenvalue weighted by Gasteiger charge is 2.34. The van der Waals surface area contributed by atoms with Crippen LogP contribution < -0.4 is 4.74 Å². The van der Waals surface area contributed by atoms with Crippen LogP contribution in [0.2, 0.25) is 0 Å². The van der Waals surface area contributed by atoms with Gasteiger partial charge in [0.1, 0.15) is 5.75 Å². The number of β-amino-alcohol motifs (C(OH)–C–C–N with tert-alkyl or cyclic N) is 1. The summed E-state index contributed by atoms with van der Waals surface area (Å²) in [5.74, 6) is 0.789. The Kier molecular flexibility index (Phi) is 5.42. The minimum Gasteiger partial charge on any atom is -0.497 e. The number of methoxy groups -OCH3 is 1. The lowest BCUT2D eigenvalue weighted by Crippen LogP contribution is -2.44. The van der Waals surface area contributed by atoms with Gasteiger partial charge in [0.2, 0.25) is 0 Å². The highest BCUT2D eigenvalue weighted by Crippen LogP contribution is 2.33. The van der Waals surface area contributed by atoms with Gasteiger partial charge in [-0.3, -0.25) is 0 Å². The number of aryl methyl sites for hydroxylation is 1. The summed E-state index contributed by atoms with van der Waals surface area (Å²) in [4.78, 5) is 2.22. The van der Waals surface area contributed by atoms with E-state index in [1.807, 2.05) is 49.4 Å². The molecule has 0 saturated carbocycles. The largest absolute Gasteiger partial charge is 0.497 e. The molecule has 2 aromatic carbocycles. The Morgan fingerprint density at radius 2 is 1.80 bits per heavy atom. The standard InChI is InChI=1S/C21H27NO3/c1-16-4-3-5-18(14-16)21(24)10-12-22(13-11-21)15-20(23)17-6-8-19(25-2)9-7-17/h3-9,14,20,23-24H,10-13,15H2,1-2H3. The first kappa shape index (κ1) is 17.9. The summed E-state index contributed by atoms with van der Waals surface area (Å²) in [6.45, 7) is 4.18. The van der Waals surface area contributed by atoms with Crippen molar-refractivity contribution in [1.82, 2.24) is 4.90 Å². The maximum absolute atomic E-state index is 11.0. The summed E-state index contributed by atoms with van der Waals surface area (Å²) in [5, 5.41) is 21.5. The van der Waals surface area contributed by atoms with Crippen LogP contribution in [-0.4, -0.2) is 41.9 Å². The van der Waals surface area contributed by atoms with Crippen molar-refractivity contribution in [3.05, 3.63) is 65.2 Å². The van der Waals surface area contributed by atoms with E-state index >= 15 is 0 Å². The molecule has 134 valence electrons. The molecule has 4 heteroatoms. The molecule has 3 rings (SSSR count). The number of aliphatic hydroxyl groups excluding tert-OH is 1. The Balaban J connectivity index is 1.58. The lowest BCUT2D eigenvalue weighted by Gasteiger charge is -2.39. The highest BCUT2D eigenvalue weighted by atomic mass is 16.5. The molecule has 2 aromatic rings. The van der Waals surface area contributed by atoms with E-state index in [0.717, 1.165) is 30.0 Å². The number of nitrogens with zero attached hydrogens (tertiary/aromatic N) is 1. The Morgan fingerprint density at radius 1 is 1.12 bits per heavy atom. The SMILES string of the molecule is COc1ccc(C(O)CN2CCC(O)(c3cccc(C)c3)CC2)cc1. The van der Waals surface area contributed by atoms with Crippen molar-refractivity contribution in [3.63, 3.8) is 0 Å². The van der Waals surface area contributed by atoms with Crippen LogP contribution in [0.1, 0.15) is 35.6 Å². The van der Waals surface area contributed by atoms with Crippen molar-refractivity contribution in [2.45, 2.75) is 31.5 Å². The molecule has 25 heavy (non-hydrogen) atoms. The highest BCUT2D eigenvalue weighted by molar-refractivity contribution is 5.29. The minimum atomic E-state index is -0.756. The molecular weight excluding hydrogens is 314 g/mol. The summed E-state index contributed by atoms with van der Waals surface area (Å²) < 4.78 is 5.15. The first-order chi connectivity index (χ1) is 12.0. The predicted octanol–water partition coefficient (Wildman–Crippen LogP) is 3.02. The van der Waals surface area contributed by atoms with Crippen LogP contribution in [0.25, 0.3) is 0 Å². The van der Waals surface area contributed by atoms with Crippen LogP contribution in [-0.2, 0) is 5.60 Å². The number of ether oxygens (including phenoxy) is 1. The zero-order valence-electron chi connectivity index (χ0n) is 15.0. The molecule has 4 nitrogen and oxygen atoms in total. The molecule has 1 saturated heterocycles. The fourth-order valence-corrected chi connectivity index (χ4v) is 3.50. The summed E-state index contributed by atoms with van der Waals surface area (Å²) in [7, 11) is 1.63. The van der Waals surface area contributed by atoms with Crippen molar-refractivity contribution in [3.8, 4) is 5.75 Å². The van der Waals surface area contributed by atoms with E-state index in [1.165, 1.54) is 5.56 Å². The van der Waals surface area contributed by atoms with Gasteiger partial charge in [-0.2, -0.15) is 0 Å². The zero-order valence-corrected chi connectivity index (χ0v) is 15.0. The molecule has 0 aliphatic carbocycles. The van der Waals surface area contributed by atoms with Crippen LogP contribution in [0, 0.1) is 6.92 Å². The van der Waals surface area contributed by atoms with Crippen molar-refractivity contribution < 1.29 is 14.9 Å². The van der Waals surface area contributed by atoms with Crippen LogP contribution in [0.5, 0.6) is 5.75 Å². The van der Waals surface area contributed by atoms with Gasteiger partial charge in [0.25, 0.3) is 0 Å². The van der Waals surface area contributed by atoms with Crippen LogP contribution >= 0.6 is 0 Å². The Morgan fingerprint density at radius 3 is 2.40 bits per heavy atom. The third-order valence-electron chi connectivity index (χ3n) is 5.17. The van der Waals surface area contributed by atoms with E-state index < -0.39 is 11.7 Å². The van der Waals surface area contributed by atoms with E-state index in [0.29, 0.717) is 19.4 Å². The molecule has 1 heterocycles. The molecule has 1 fully saturated rings. The second-order valence-corrected chi connectivity index (χ2v) is 6.99. The number of piperidine rings is 1. The molecule has 0 bridgehead atoms. The molecule has 1 aliphatic rings.